The van der Waals surface area contributed by atoms with Crippen LogP contribution in [0.25, 0.3) is 11.4 Å². The van der Waals surface area contributed by atoms with Crippen LogP contribution in [0.3, 0.4) is 0 Å². The molecule has 0 bridgehead atoms. The zero-order valence-electron chi connectivity index (χ0n) is 16.0. The first-order valence-electron chi connectivity index (χ1n) is 10.0. The van der Waals surface area contributed by atoms with Crippen molar-refractivity contribution in [2.24, 2.45) is 5.92 Å². The van der Waals surface area contributed by atoms with E-state index < -0.39 is 0 Å². The predicted octanol–water partition coefficient (Wildman–Crippen LogP) is 3.55. The molecule has 0 spiro atoms. The maximum absolute atomic E-state index is 13.1. The van der Waals surface area contributed by atoms with Gasteiger partial charge in [0.1, 0.15) is 5.82 Å². The molecule has 5 rings (SSSR count). The number of fused-ring (bicyclic) bond motifs is 1. The first kappa shape index (κ1) is 17.7. The van der Waals surface area contributed by atoms with Crippen LogP contribution in [0.4, 0.5) is 5.69 Å². The van der Waals surface area contributed by atoms with Crippen LogP contribution in [0, 0.1) is 5.92 Å². The van der Waals surface area contributed by atoms with Crippen LogP contribution in [-0.4, -0.2) is 32.8 Å². The normalized spacial score (nSPS) is 15.7. The third kappa shape index (κ3) is 3.42. The number of rotatable bonds is 4. The number of imidazole rings is 1. The third-order valence-corrected chi connectivity index (χ3v) is 5.52. The van der Waals surface area contributed by atoms with Crippen LogP contribution in [0.15, 0.2) is 60.7 Å². The minimum absolute atomic E-state index is 0.166. The van der Waals surface area contributed by atoms with Gasteiger partial charge in [-0.3, -0.25) is 9.59 Å². The van der Waals surface area contributed by atoms with Crippen molar-refractivity contribution in [1.29, 1.82) is 0 Å². The molecule has 2 amide bonds. The number of nitrogens with one attached hydrogen (secondary N) is 1. The number of anilines is 1. The Kier molecular flexibility index (Phi) is 4.39. The zero-order chi connectivity index (χ0) is 19.8. The zero-order valence-corrected chi connectivity index (χ0v) is 16.0. The second-order valence-corrected chi connectivity index (χ2v) is 7.60. The van der Waals surface area contributed by atoms with Crippen molar-refractivity contribution in [3.05, 3.63) is 72.1 Å². The van der Waals surface area contributed by atoms with Crippen molar-refractivity contribution in [3.63, 3.8) is 0 Å². The van der Waals surface area contributed by atoms with Gasteiger partial charge in [0, 0.05) is 30.3 Å². The summed E-state index contributed by atoms with van der Waals surface area (Å²) >= 11 is 0. The standard InChI is InChI=1S/C23H22N4O2/c28-22(24-18-9-5-2-6-10-18)20-19-15-26(23(29)17-11-12-17)13-14-27(19)21(25-20)16-7-3-1-4-8-16/h1-10,17H,11-15H2,(H,24,28). The van der Waals surface area contributed by atoms with E-state index in [4.69, 9.17) is 4.98 Å². The molecule has 0 radical (unpaired) electrons. The van der Waals surface area contributed by atoms with E-state index in [1.165, 1.54) is 0 Å². The Morgan fingerprint density at radius 1 is 0.931 bits per heavy atom. The highest BCUT2D eigenvalue weighted by molar-refractivity contribution is 6.04. The summed E-state index contributed by atoms with van der Waals surface area (Å²) in [7, 11) is 0. The van der Waals surface area contributed by atoms with E-state index in [0.717, 1.165) is 35.6 Å². The third-order valence-electron chi connectivity index (χ3n) is 5.52. The average Bonchev–Trinajstić information content (AvgIpc) is 3.54. The first-order chi connectivity index (χ1) is 14.2. The number of nitrogens with zero attached hydrogens (tertiary/aromatic N) is 3. The number of hydrogen-bond acceptors (Lipinski definition) is 3. The van der Waals surface area contributed by atoms with Crippen LogP contribution in [0.5, 0.6) is 0 Å². The van der Waals surface area contributed by atoms with Gasteiger partial charge in [-0.25, -0.2) is 4.98 Å². The quantitative estimate of drug-likeness (QED) is 0.746. The Labute approximate surface area is 169 Å². The molecule has 29 heavy (non-hydrogen) atoms. The minimum atomic E-state index is -0.247. The van der Waals surface area contributed by atoms with Crippen LogP contribution in [0.1, 0.15) is 29.0 Å². The van der Waals surface area contributed by atoms with Gasteiger partial charge >= 0.3 is 0 Å². The van der Waals surface area contributed by atoms with Gasteiger partial charge in [-0.2, -0.15) is 0 Å². The molecule has 2 aromatic carbocycles. The van der Waals surface area contributed by atoms with Gasteiger partial charge in [0.25, 0.3) is 5.91 Å². The summed E-state index contributed by atoms with van der Waals surface area (Å²) in [5.41, 5.74) is 2.88. The van der Waals surface area contributed by atoms with Crippen molar-refractivity contribution in [3.8, 4) is 11.4 Å². The van der Waals surface area contributed by atoms with Gasteiger partial charge in [0.15, 0.2) is 5.69 Å². The van der Waals surface area contributed by atoms with E-state index in [2.05, 4.69) is 9.88 Å². The fourth-order valence-corrected chi connectivity index (χ4v) is 3.85. The molecule has 1 fully saturated rings. The molecule has 2 aliphatic rings. The number of carbonyl (C=O) groups is 2. The highest BCUT2D eigenvalue weighted by atomic mass is 16.2. The lowest BCUT2D eigenvalue weighted by Crippen LogP contribution is -2.39. The molecule has 0 saturated heterocycles. The molecule has 6 heteroatoms. The highest BCUT2D eigenvalue weighted by Gasteiger charge is 2.36. The van der Waals surface area contributed by atoms with Crippen LogP contribution in [-0.2, 0) is 17.9 Å². The number of amides is 2. The molecule has 1 saturated carbocycles. The molecular weight excluding hydrogens is 364 g/mol. The number of aromatic nitrogens is 2. The van der Waals surface area contributed by atoms with Crippen molar-refractivity contribution in [2.75, 3.05) is 11.9 Å². The van der Waals surface area contributed by atoms with Gasteiger partial charge < -0.3 is 14.8 Å². The van der Waals surface area contributed by atoms with E-state index >= 15 is 0 Å². The summed E-state index contributed by atoms with van der Waals surface area (Å²) in [5.74, 6) is 0.896. The number of carbonyl (C=O) groups excluding carboxylic acids is 2. The molecule has 1 aromatic heterocycles. The number of para-hydroxylation sites is 1. The van der Waals surface area contributed by atoms with Crippen LogP contribution in [0.2, 0.25) is 0 Å². The van der Waals surface area contributed by atoms with E-state index in [9.17, 15) is 9.59 Å². The van der Waals surface area contributed by atoms with Gasteiger partial charge in [0.05, 0.1) is 12.2 Å². The maximum atomic E-state index is 13.1. The van der Waals surface area contributed by atoms with Crippen molar-refractivity contribution >= 4 is 17.5 Å². The Morgan fingerprint density at radius 2 is 1.62 bits per heavy atom. The molecular formula is C23H22N4O2. The Hall–Kier alpha value is -3.41. The Bertz CT molecular complexity index is 1060. The summed E-state index contributed by atoms with van der Waals surface area (Å²) in [4.78, 5) is 32.3. The maximum Gasteiger partial charge on any atom is 0.276 e. The topological polar surface area (TPSA) is 67.2 Å². The molecule has 1 aliphatic carbocycles. The SMILES string of the molecule is O=C(Nc1ccccc1)c1nc(-c2ccccc2)n2c1CN(C(=O)C1CC1)CC2. The van der Waals surface area contributed by atoms with Gasteiger partial charge in [-0.1, -0.05) is 48.5 Å². The monoisotopic (exact) mass is 386 g/mol. The molecule has 3 aromatic rings. The number of benzene rings is 2. The fraction of sp³-hybridized carbons (Fsp3) is 0.261. The summed E-state index contributed by atoms with van der Waals surface area (Å²) < 4.78 is 2.09. The second-order valence-electron chi connectivity index (χ2n) is 7.60. The van der Waals surface area contributed by atoms with Crippen molar-refractivity contribution in [1.82, 2.24) is 14.5 Å². The lowest BCUT2D eigenvalue weighted by atomic mass is 10.2. The molecule has 6 nitrogen and oxygen atoms in total. The molecule has 0 unspecified atom stereocenters. The van der Waals surface area contributed by atoms with Crippen molar-refractivity contribution in [2.45, 2.75) is 25.9 Å². The second kappa shape index (κ2) is 7.20. The number of hydrogen-bond donors (Lipinski definition) is 1. The Morgan fingerprint density at radius 3 is 2.31 bits per heavy atom. The van der Waals surface area contributed by atoms with E-state index in [-0.39, 0.29) is 17.7 Å². The van der Waals surface area contributed by atoms with Gasteiger partial charge in [-0.05, 0) is 25.0 Å². The molecule has 2 heterocycles. The summed E-state index contributed by atoms with van der Waals surface area (Å²) in [6, 6.07) is 19.2. The predicted molar refractivity (Wildman–Crippen MR) is 110 cm³/mol. The Balaban J connectivity index is 1.52. The van der Waals surface area contributed by atoms with Crippen LogP contribution >= 0.6 is 0 Å². The largest absolute Gasteiger partial charge is 0.335 e. The van der Waals surface area contributed by atoms with E-state index in [1.807, 2.05) is 65.6 Å². The van der Waals surface area contributed by atoms with E-state index in [0.29, 0.717) is 25.3 Å². The summed E-state index contributed by atoms with van der Waals surface area (Å²) in [5, 5.41) is 2.93. The van der Waals surface area contributed by atoms with E-state index in [1.54, 1.807) is 0 Å². The lowest BCUT2D eigenvalue weighted by molar-refractivity contribution is -0.134. The smallest absolute Gasteiger partial charge is 0.276 e. The summed E-state index contributed by atoms with van der Waals surface area (Å²) in [6.07, 6.45) is 1.95. The van der Waals surface area contributed by atoms with Gasteiger partial charge in [0.2, 0.25) is 5.91 Å². The lowest BCUT2D eigenvalue weighted by Gasteiger charge is -2.29. The molecule has 0 atom stereocenters. The molecule has 146 valence electrons. The highest BCUT2D eigenvalue weighted by Crippen LogP contribution is 2.33. The van der Waals surface area contributed by atoms with Gasteiger partial charge in [-0.15, -0.1) is 0 Å². The summed E-state index contributed by atoms with van der Waals surface area (Å²) in [6.45, 7) is 1.72. The molecule has 1 aliphatic heterocycles. The fourth-order valence-electron chi connectivity index (χ4n) is 3.85. The molecule has 1 N–H and O–H groups in total. The van der Waals surface area contributed by atoms with Crippen molar-refractivity contribution < 1.29 is 9.59 Å². The van der Waals surface area contributed by atoms with Crippen LogP contribution < -0.4 is 5.32 Å². The average molecular weight is 386 g/mol. The first-order valence-corrected chi connectivity index (χ1v) is 10.0. The minimum Gasteiger partial charge on any atom is -0.335 e.